The lowest BCUT2D eigenvalue weighted by Crippen LogP contribution is -2.40. The maximum Gasteiger partial charge on any atom is 0.119 e. The van der Waals surface area contributed by atoms with Crippen molar-refractivity contribution in [2.75, 3.05) is 13.1 Å². The van der Waals surface area contributed by atoms with Gasteiger partial charge in [-0.05, 0) is 62.9 Å². The van der Waals surface area contributed by atoms with Crippen LogP contribution in [-0.2, 0) is 12.8 Å². The molecule has 2 nitrogen and oxygen atoms in total. The zero-order chi connectivity index (χ0) is 13.8. The van der Waals surface area contributed by atoms with Crippen LogP contribution in [0.2, 0.25) is 5.02 Å². The predicted octanol–water partition coefficient (Wildman–Crippen LogP) is 4.02. The van der Waals surface area contributed by atoms with Crippen LogP contribution < -0.4 is 0 Å². The Morgan fingerprint density at radius 3 is 2.53 bits per heavy atom. The molecule has 0 saturated carbocycles. The van der Waals surface area contributed by atoms with Gasteiger partial charge in [0.1, 0.15) is 5.75 Å². The molecule has 0 spiro atoms. The van der Waals surface area contributed by atoms with Crippen LogP contribution in [0.5, 0.6) is 5.75 Å². The van der Waals surface area contributed by atoms with Gasteiger partial charge in [0.25, 0.3) is 0 Å². The molecule has 2 rings (SSSR count). The van der Waals surface area contributed by atoms with Gasteiger partial charge in [-0.1, -0.05) is 25.4 Å². The van der Waals surface area contributed by atoms with Crippen molar-refractivity contribution in [2.24, 2.45) is 0 Å². The molecule has 0 amide bonds. The number of phenols is 1. The molecule has 1 aromatic carbocycles. The fourth-order valence-electron chi connectivity index (χ4n) is 3.16. The Labute approximate surface area is 121 Å². The minimum Gasteiger partial charge on any atom is -0.508 e. The summed E-state index contributed by atoms with van der Waals surface area (Å²) in [6, 6.07) is 4.09. The van der Waals surface area contributed by atoms with Gasteiger partial charge in [-0.15, -0.1) is 0 Å². The number of rotatable bonds is 5. The Hall–Kier alpha value is -0.730. The Kier molecular flexibility index (Phi) is 5.12. The molecule has 19 heavy (non-hydrogen) atoms. The summed E-state index contributed by atoms with van der Waals surface area (Å²) in [5.74, 6) is 0.414. The van der Waals surface area contributed by atoms with Gasteiger partial charge in [0, 0.05) is 16.6 Å². The van der Waals surface area contributed by atoms with Gasteiger partial charge in [0.2, 0.25) is 0 Å². The van der Waals surface area contributed by atoms with Gasteiger partial charge in [-0.25, -0.2) is 0 Å². The van der Waals surface area contributed by atoms with Crippen LogP contribution >= 0.6 is 11.6 Å². The molecule has 0 radical (unpaired) electrons. The van der Waals surface area contributed by atoms with Gasteiger partial charge in [-0.3, -0.25) is 0 Å². The summed E-state index contributed by atoms with van der Waals surface area (Å²) in [6.45, 7) is 6.76. The van der Waals surface area contributed by atoms with Gasteiger partial charge in [0.05, 0.1) is 0 Å². The molecule has 0 fully saturated rings. The molecule has 106 valence electrons. The van der Waals surface area contributed by atoms with Crippen molar-refractivity contribution in [2.45, 2.75) is 52.0 Å². The maximum atomic E-state index is 10.1. The molecule has 1 aromatic rings. The van der Waals surface area contributed by atoms with E-state index in [1.54, 1.807) is 6.07 Å². The van der Waals surface area contributed by atoms with Gasteiger partial charge >= 0.3 is 0 Å². The van der Waals surface area contributed by atoms with E-state index in [-0.39, 0.29) is 0 Å². The van der Waals surface area contributed by atoms with Crippen molar-refractivity contribution < 1.29 is 5.11 Å². The minimum atomic E-state index is 0.414. The Bertz CT molecular complexity index is 427. The van der Waals surface area contributed by atoms with Crippen LogP contribution in [0.15, 0.2) is 12.1 Å². The standard InChI is InChI=1S/C16H24ClNO/c1-3-9-18(10-4-2)12-5-6-13-14(11-12)16(19)8-7-15(13)17/h7-8,12,19H,3-6,9-11H2,1-2H3. The summed E-state index contributed by atoms with van der Waals surface area (Å²) < 4.78 is 0. The van der Waals surface area contributed by atoms with Crippen LogP contribution in [0.3, 0.4) is 0 Å². The number of hydrogen-bond donors (Lipinski definition) is 1. The van der Waals surface area contributed by atoms with Gasteiger partial charge in [0.15, 0.2) is 0 Å². The van der Waals surface area contributed by atoms with E-state index in [4.69, 9.17) is 11.6 Å². The molecule has 0 heterocycles. The molecule has 3 heteroatoms. The van der Waals surface area contributed by atoms with E-state index >= 15 is 0 Å². The van der Waals surface area contributed by atoms with Crippen molar-refractivity contribution >= 4 is 11.6 Å². The summed E-state index contributed by atoms with van der Waals surface area (Å²) in [5, 5.41) is 10.9. The Morgan fingerprint density at radius 2 is 1.89 bits per heavy atom. The second-order valence-electron chi connectivity index (χ2n) is 5.46. The summed E-state index contributed by atoms with van der Waals surface area (Å²) >= 11 is 6.24. The van der Waals surface area contributed by atoms with Crippen LogP contribution in [0.1, 0.15) is 44.2 Å². The number of phenolic OH excluding ortho intramolecular Hbond substituents is 1. The summed E-state index contributed by atoms with van der Waals surface area (Å²) in [7, 11) is 0. The van der Waals surface area contributed by atoms with Gasteiger partial charge in [-0.2, -0.15) is 0 Å². The largest absolute Gasteiger partial charge is 0.508 e. The Morgan fingerprint density at radius 1 is 1.21 bits per heavy atom. The smallest absolute Gasteiger partial charge is 0.119 e. The second-order valence-corrected chi connectivity index (χ2v) is 5.86. The van der Waals surface area contributed by atoms with Crippen molar-refractivity contribution in [3.63, 3.8) is 0 Å². The number of hydrogen-bond acceptors (Lipinski definition) is 2. The van der Waals surface area contributed by atoms with Crippen molar-refractivity contribution in [1.29, 1.82) is 0 Å². The summed E-state index contributed by atoms with van der Waals surface area (Å²) in [4.78, 5) is 2.57. The molecule has 0 saturated heterocycles. The first kappa shape index (κ1) is 14.7. The van der Waals surface area contributed by atoms with E-state index in [2.05, 4.69) is 18.7 Å². The highest BCUT2D eigenvalue weighted by Gasteiger charge is 2.26. The van der Waals surface area contributed by atoms with Crippen molar-refractivity contribution in [1.82, 2.24) is 4.90 Å². The molecule has 1 aliphatic carbocycles. The molecule has 1 atom stereocenters. The molecule has 1 aliphatic rings. The SMILES string of the molecule is CCCN(CCC)C1CCc2c(Cl)ccc(O)c2C1. The second kappa shape index (κ2) is 6.62. The monoisotopic (exact) mass is 281 g/mol. The van der Waals surface area contributed by atoms with E-state index in [1.165, 1.54) is 12.8 Å². The predicted molar refractivity (Wildman–Crippen MR) is 81.1 cm³/mol. The quantitative estimate of drug-likeness (QED) is 0.881. The zero-order valence-corrected chi connectivity index (χ0v) is 12.7. The van der Waals surface area contributed by atoms with E-state index < -0.39 is 0 Å². The number of halogens is 1. The zero-order valence-electron chi connectivity index (χ0n) is 12.0. The first-order valence-electron chi connectivity index (χ1n) is 7.40. The lowest BCUT2D eigenvalue weighted by molar-refractivity contribution is 0.179. The van der Waals surface area contributed by atoms with Crippen molar-refractivity contribution in [3.05, 3.63) is 28.3 Å². The fourth-order valence-corrected chi connectivity index (χ4v) is 3.43. The molecule has 1 N–H and O–H groups in total. The third-order valence-electron chi connectivity index (χ3n) is 4.05. The summed E-state index contributed by atoms with van der Waals surface area (Å²) in [5.41, 5.74) is 2.23. The van der Waals surface area contributed by atoms with E-state index in [0.717, 1.165) is 48.5 Å². The molecule has 0 aliphatic heterocycles. The number of aromatic hydroxyl groups is 1. The first-order chi connectivity index (χ1) is 9.17. The third-order valence-corrected chi connectivity index (χ3v) is 4.41. The van der Waals surface area contributed by atoms with E-state index in [9.17, 15) is 5.11 Å². The van der Waals surface area contributed by atoms with E-state index in [0.29, 0.717) is 11.8 Å². The average Bonchev–Trinajstić information content (AvgIpc) is 2.42. The fraction of sp³-hybridized carbons (Fsp3) is 0.625. The highest BCUT2D eigenvalue weighted by molar-refractivity contribution is 6.31. The molecular weight excluding hydrogens is 258 g/mol. The number of fused-ring (bicyclic) bond motifs is 1. The number of nitrogens with zero attached hydrogens (tertiary/aromatic N) is 1. The van der Waals surface area contributed by atoms with Crippen LogP contribution in [-0.4, -0.2) is 29.1 Å². The average molecular weight is 282 g/mol. The van der Waals surface area contributed by atoms with Crippen molar-refractivity contribution in [3.8, 4) is 5.75 Å². The van der Waals surface area contributed by atoms with Crippen LogP contribution in [0, 0.1) is 0 Å². The molecular formula is C16H24ClNO. The van der Waals surface area contributed by atoms with E-state index in [1.807, 2.05) is 6.07 Å². The minimum absolute atomic E-state index is 0.414. The first-order valence-corrected chi connectivity index (χ1v) is 7.78. The summed E-state index contributed by atoms with van der Waals surface area (Å²) in [6.07, 6.45) is 5.44. The van der Waals surface area contributed by atoms with Crippen LogP contribution in [0.4, 0.5) is 0 Å². The normalized spacial score (nSPS) is 18.6. The lowest BCUT2D eigenvalue weighted by atomic mass is 9.86. The lowest BCUT2D eigenvalue weighted by Gasteiger charge is -2.35. The Balaban J connectivity index is 2.18. The highest BCUT2D eigenvalue weighted by atomic mass is 35.5. The molecule has 0 aromatic heterocycles. The maximum absolute atomic E-state index is 10.1. The highest BCUT2D eigenvalue weighted by Crippen LogP contribution is 2.35. The number of benzene rings is 1. The molecule has 1 unspecified atom stereocenters. The van der Waals surface area contributed by atoms with Crippen LogP contribution in [0.25, 0.3) is 0 Å². The third kappa shape index (κ3) is 3.24. The molecule has 0 bridgehead atoms. The van der Waals surface area contributed by atoms with Gasteiger partial charge < -0.3 is 10.0 Å². The topological polar surface area (TPSA) is 23.5 Å².